The van der Waals surface area contributed by atoms with Gasteiger partial charge in [-0.3, -0.25) is 4.79 Å². The Hall–Kier alpha value is -0.570. The number of aliphatic carboxylic acids is 1. The highest BCUT2D eigenvalue weighted by atomic mass is 16.4. The summed E-state index contributed by atoms with van der Waals surface area (Å²) in [6.45, 7) is 6.43. The maximum Gasteiger partial charge on any atom is 0.303 e. The van der Waals surface area contributed by atoms with E-state index in [0.717, 1.165) is 0 Å². The molecular weight excluding hydrogens is 190 g/mol. The fourth-order valence-electron chi connectivity index (χ4n) is 1.69. The van der Waals surface area contributed by atoms with Crippen molar-refractivity contribution in [1.82, 2.24) is 5.32 Å². The number of rotatable bonds is 9. The summed E-state index contributed by atoms with van der Waals surface area (Å²) in [5.41, 5.74) is 0. The number of carboxylic acid groups (broad SMARTS) is 1. The van der Waals surface area contributed by atoms with Crippen LogP contribution in [0.4, 0.5) is 0 Å². The highest BCUT2D eigenvalue weighted by molar-refractivity contribution is 5.66. The zero-order valence-electron chi connectivity index (χ0n) is 10.3. The molecule has 0 aliphatic heterocycles. The van der Waals surface area contributed by atoms with Crippen molar-refractivity contribution in [3.8, 4) is 0 Å². The monoisotopic (exact) mass is 215 g/mol. The van der Waals surface area contributed by atoms with Gasteiger partial charge in [0.2, 0.25) is 0 Å². The van der Waals surface area contributed by atoms with Gasteiger partial charge in [-0.2, -0.15) is 0 Å². The highest BCUT2D eigenvalue weighted by Crippen LogP contribution is 2.05. The van der Waals surface area contributed by atoms with E-state index in [-0.39, 0.29) is 6.42 Å². The number of hydrogen-bond donors (Lipinski definition) is 2. The minimum absolute atomic E-state index is 0.260. The zero-order chi connectivity index (χ0) is 11.7. The minimum Gasteiger partial charge on any atom is -0.481 e. The van der Waals surface area contributed by atoms with Crippen molar-refractivity contribution in [2.45, 2.75) is 71.4 Å². The average Bonchev–Trinajstić information content (AvgIpc) is 2.15. The van der Waals surface area contributed by atoms with Gasteiger partial charge in [0.15, 0.2) is 0 Å². The Bertz CT molecular complexity index is 171. The molecule has 2 unspecified atom stereocenters. The summed E-state index contributed by atoms with van der Waals surface area (Å²) in [5, 5.41) is 12.0. The van der Waals surface area contributed by atoms with Crippen molar-refractivity contribution in [2.75, 3.05) is 0 Å². The standard InChI is InChI=1S/C12H25NO2/c1-4-5-6-7-10(2)13-11(3)8-9-12(14)15/h10-11,13H,4-9H2,1-3H3,(H,14,15). The van der Waals surface area contributed by atoms with Crippen molar-refractivity contribution in [3.05, 3.63) is 0 Å². The van der Waals surface area contributed by atoms with Gasteiger partial charge >= 0.3 is 5.97 Å². The van der Waals surface area contributed by atoms with Crippen LogP contribution in [-0.2, 0) is 4.79 Å². The molecule has 2 atom stereocenters. The Kier molecular flexibility index (Phi) is 8.38. The van der Waals surface area contributed by atoms with E-state index < -0.39 is 5.97 Å². The van der Waals surface area contributed by atoms with Crippen LogP contribution in [0.25, 0.3) is 0 Å². The van der Waals surface area contributed by atoms with Gasteiger partial charge in [0, 0.05) is 18.5 Å². The first-order valence-electron chi connectivity index (χ1n) is 6.04. The second kappa shape index (κ2) is 8.72. The lowest BCUT2D eigenvalue weighted by Crippen LogP contribution is -2.34. The van der Waals surface area contributed by atoms with Crippen molar-refractivity contribution < 1.29 is 9.90 Å². The van der Waals surface area contributed by atoms with Crippen molar-refractivity contribution >= 4 is 5.97 Å². The molecule has 3 nitrogen and oxygen atoms in total. The van der Waals surface area contributed by atoms with Crippen molar-refractivity contribution in [3.63, 3.8) is 0 Å². The molecule has 15 heavy (non-hydrogen) atoms. The molecular formula is C12H25NO2. The summed E-state index contributed by atoms with van der Waals surface area (Å²) >= 11 is 0. The van der Waals surface area contributed by atoms with E-state index in [4.69, 9.17) is 5.11 Å². The molecule has 0 fully saturated rings. The lowest BCUT2D eigenvalue weighted by Gasteiger charge is -2.19. The third-order valence-corrected chi connectivity index (χ3v) is 2.60. The first kappa shape index (κ1) is 14.4. The lowest BCUT2D eigenvalue weighted by atomic mass is 10.1. The molecule has 90 valence electrons. The Morgan fingerprint density at radius 2 is 1.80 bits per heavy atom. The van der Waals surface area contributed by atoms with E-state index >= 15 is 0 Å². The SMILES string of the molecule is CCCCCC(C)NC(C)CCC(=O)O. The molecule has 0 aromatic heterocycles. The van der Waals surface area contributed by atoms with Crippen LogP contribution in [0, 0.1) is 0 Å². The van der Waals surface area contributed by atoms with Gasteiger partial charge in [0.1, 0.15) is 0 Å². The number of carbonyl (C=O) groups is 1. The molecule has 0 aliphatic rings. The van der Waals surface area contributed by atoms with Crippen LogP contribution in [0.1, 0.15) is 59.3 Å². The maximum atomic E-state index is 10.4. The van der Waals surface area contributed by atoms with Gasteiger partial charge in [0.05, 0.1) is 0 Å². The molecule has 0 rings (SSSR count). The molecule has 0 radical (unpaired) electrons. The van der Waals surface area contributed by atoms with Crippen LogP contribution in [0.3, 0.4) is 0 Å². The van der Waals surface area contributed by atoms with Gasteiger partial charge in [-0.25, -0.2) is 0 Å². The van der Waals surface area contributed by atoms with E-state index in [0.29, 0.717) is 18.5 Å². The van der Waals surface area contributed by atoms with Gasteiger partial charge in [-0.1, -0.05) is 26.2 Å². The molecule has 0 amide bonds. The molecule has 0 aromatic rings. The molecule has 0 aromatic carbocycles. The van der Waals surface area contributed by atoms with Crippen LogP contribution in [0.2, 0.25) is 0 Å². The Morgan fingerprint density at radius 1 is 1.20 bits per heavy atom. The van der Waals surface area contributed by atoms with E-state index in [9.17, 15) is 4.79 Å². The second-order valence-electron chi connectivity index (χ2n) is 4.40. The summed E-state index contributed by atoms with van der Waals surface area (Å²) < 4.78 is 0. The largest absolute Gasteiger partial charge is 0.481 e. The van der Waals surface area contributed by atoms with E-state index in [1.54, 1.807) is 0 Å². The number of nitrogens with one attached hydrogen (secondary N) is 1. The fourth-order valence-corrected chi connectivity index (χ4v) is 1.69. The predicted molar refractivity (Wildman–Crippen MR) is 63.1 cm³/mol. The topological polar surface area (TPSA) is 49.3 Å². The van der Waals surface area contributed by atoms with Crippen LogP contribution in [0.15, 0.2) is 0 Å². The fraction of sp³-hybridized carbons (Fsp3) is 0.917. The summed E-state index contributed by atoms with van der Waals surface area (Å²) in [4.78, 5) is 10.4. The lowest BCUT2D eigenvalue weighted by molar-refractivity contribution is -0.137. The summed E-state index contributed by atoms with van der Waals surface area (Å²) in [6, 6.07) is 0.804. The van der Waals surface area contributed by atoms with Gasteiger partial charge in [-0.15, -0.1) is 0 Å². The van der Waals surface area contributed by atoms with Crippen molar-refractivity contribution in [2.24, 2.45) is 0 Å². The average molecular weight is 215 g/mol. The summed E-state index contributed by atoms with van der Waals surface area (Å²) in [5.74, 6) is -0.706. The van der Waals surface area contributed by atoms with E-state index in [1.807, 2.05) is 0 Å². The third kappa shape index (κ3) is 9.73. The smallest absolute Gasteiger partial charge is 0.303 e. The first-order valence-corrected chi connectivity index (χ1v) is 6.04. The molecule has 2 N–H and O–H groups in total. The summed E-state index contributed by atoms with van der Waals surface area (Å²) in [7, 11) is 0. The quantitative estimate of drug-likeness (QED) is 0.581. The molecule has 0 spiro atoms. The number of unbranched alkanes of at least 4 members (excludes halogenated alkanes) is 2. The molecule has 0 saturated carbocycles. The van der Waals surface area contributed by atoms with E-state index in [2.05, 4.69) is 26.1 Å². The number of carboxylic acids is 1. The normalized spacial score (nSPS) is 14.9. The van der Waals surface area contributed by atoms with Crippen molar-refractivity contribution in [1.29, 1.82) is 0 Å². The Morgan fingerprint density at radius 3 is 2.33 bits per heavy atom. The maximum absolute atomic E-state index is 10.4. The third-order valence-electron chi connectivity index (χ3n) is 2.60. The Balaban J connectivity index is 3.48. The minimum atomic E-state index is -0.706. The molecule has 0 bridgehead atoms. The molecule has 0 heterocycles. The van der Waals surface area contributed by atoms with Gasteiger partial charge in [-0.05, 0) is 26.7 Å². The zero-order valence-corrected chi connectivity index (χ0v) is 10.3. The van der Waals surface area contributed by atoms with Crippen LogP contribution < -0.4 is 5.32 Å². The highest BCUT2D eigenvalue weighted by Gasteiger charge is 2.08. The molecule has 0 saturated heterocycles. The van der Waals surface area contributed by atoms with Crippen LogP contribution >= 0.6 is 0 Å². The van der Waals surface area contributed by atoms with Gasteiger partial charge in [0.25, 0.3) is 0 Å². The summed E-state index contributed by atoms with van der Waals surface area (Å²) in [6.07, 6.45) is 5.96. The van der Waals surface area contributed by atoms with E-state index in [1.165, 1.54) is 25.7 Å². The molecule has 0 aliphatic carbocycles. The Labute approximate surface area is 93.3 Å². The first-order chi connectivity index (χ1) is 7.06. The number of hydrogen-bond acceptors (Lipinski definition) is 2. The van der Waals surface area contributed by atoms with Crippen LogP contribution in [-0.4, -0.2) is 23.2 Å². The predicted octanol–water partition coefficient (Wildman–Crippen LogP) is 2.80. The second-order valence-corrected chi connectivity index (χ2v) is 4.40. The van der Waals surface area contributed by atoms with Gasteiger partial charge < -0.3 is 10.4 Å². The molecule has 3 heteroatoms. The van der Waals surface area contributed by atoms with Crippen LogP contribution in [0.5, 0.6) is 0 Å².